The molecule has 0 bridgehead atoms. The Morgan fingerprint density at radius 1 is 0.788 bits per heavy atom. The first-order valence-electron chi connectivity index (χ1n) is 10.0. The highest BCUT2D eigenvalue weighted by molar-refractivity contribution is 7.99. The fourth-order valence-electron chi connectivity index (χ4n) is 3.46. The Morgan fingerprint density at radius 3 is 2.03 bits per heavy atom. The Kier molecular flexibility index (Phi) is 5.49. The molecule has 2 N–H and O–H groups in total. The summed E-state index contributed by atoms with van der Waals surface area (Å²) in [6, 6.07) is 24.4. The lowest BCUT2D eigenvalue weighted by molar-refractivity contribution is 0.259. The van der Waals surface area contributed by atoms with Crippen LogP contribution >= 0.6 is 11.8 Å². The second-order valence-electron chi connectivity index (χ2n) is 7.17. The molecule has 1 aliphatic heterocycles. The Labute approximate surface area is 195 Å². The lowest BCUT2D eigenvalue weighted by Gasteiger charge is -2.31. The molecule has 4 aromatic rings. The highest BCUT2D eigenvalue weighted by Gasteiger charge is 2.28. The van der Waals surface area contributed by atoms with Crippen molar-refractivity contribution >= 4 is 50.6 Å². The van der Waals surface area contributed by atoms with Gasteiger partial charge < -0.3 is 5.32 Å². The van der Waals surface area contributed by atoms with E-state index >= 15 is 0 Å². The van der Waals surface area contributed by atoms with E-state index in [0.29, 0.717) is 11.4 Å². The molecule has 7 nitrogen and oxygen atoms in total. The maximum absolute atomic E-state index is 13.3. The van der Waals surface area contributed by atoms with Gasteiger partial charge in [-0.25, -0.2) is 13.2 Å². The number of carbonyl (C=O) groups excluding carboxylic acids is 1. The van der Waals surface area contributed by atoms with Crippen LogP contribution in [0.5, 0.6) is 0 Å². The largest absolute Gasteiger partial charge is 0.331 e. The Balaban J connectivity index is 1.38. The second-order valence-corrected chi connectivity index (χ2v) is 9.94. The number of hydrogen-bond donors (Lipinski definition) is 2. The van der Waals surface area contributed by atoms with Crippen molar-refractivity contribution in [1.29, 1.82) is 0 Å². The topological polar surface area (TPSA) is 91.4 Å². The molecule has 0 spiro atoms. The predicted molar refractivity (Wildman–Crippen MR) is 130 cm³/mol. The third-order valence-electron chi connectivity index (χ3n) is 4.96. The number of para-hydroxylation sites is 2. The number of nitrogens with one attached hydrogen (secondary N) is 2. The monoisotopic (exact) mass is 474 g/mol. The van der Waals surface area contributed by atoms with E-state index in [4.69, 9.17) is 0 Å². The predicted octanol–water partition coefficient (Wildman–Crippen LogP) is 5.72. The van der Waals surface area contributed by atoms with Crippen LogP contribution in [-0.4, -0.2) is 19.4 Å². The number of amides is 2. The number of sulfonamides is 1. The lowest BCUT2D eigenvalue weighted by atomic mass is 10.2. The Bertz CT molecular complexity index is 1380. The van der Waals surface area contributed by atoms with Crippen LogP contribution in [-0.2, 0) is 10.0 Å². The third kappa shape index (κ3) is 4.28. The van der Waals surface area contributed by atoms with Gasteiger partial charge in [0.1, 0.15) is 0 Å². The van der Waals surface area contributed by atoms with E-state index in [2.05, 4.69) is 15.0 Å². The number of hydrogen-bond acceptors (Lipinski definition) is 5. The van der Waals surface area contributed by atoms with Crippen molar-refractivity contribution in [3.63, 3.8) is 0 Å². The lowest BCUT2D eigenvalue weighted by Crippen LogP contribution is -2.32. The summed E-state index contributed by atoms with van der Waals surface area (Å²) >= 11 is 1.62. The normalized spacial score (nSPS) is 12.4. The van der Waals surface area contributed by atoms with Crippen LogP contribution in [0.15, 0.2) is 112 Å². The number of rotatable bonds is 4. The van der Waals surface area contributed by atoms with Crippen molar-refractivity contribution in [2.75, 3.05) is 14.9 Å². The third-order valence-corrected chi connectivity index (χ3v) is 7.49. The minimum atomic E-state index is -3.77. The first-order chi connectivity index (χ1) is 16.0. The van der Waals surface area contributed by atoms with Gasteiger partial charge in [0.25, 0.3) is 10.0 Å². The van der Waals surface area contributed by atoms with E-state index in [-0.39, 0.29) is 10.9 Å². The van der Waals surface area contributed by atoms with E-state index < -0.39 is 10.0 Å². The van der Waals surface area contributed by atoms with Gasteiger partial charge >= 0.3 is 6.03 Å². The SMILES string of the molecule is O=C(Nc1ccc(S(=O)(=O)Nc2cccnc2)cc1)N1c2ccccc2Sc2ccccc21. The zero-order chi connectivity index (χ0) is 22.8. The van der Waals surface area contributed by atoms with Crippen LogP contribution in [0.1, 0.15) is 0 Å². The van der Waals surface area contributed by atoms with Gasteiger partial charge in [0, 0.05) is 21.7 Å². The fourth-order valence-corrected chi connectivity index (χ4v) is 5.56. The minimum absolute atomic E-state index is 0.0782. The molecule has 3 aromatic carbocycles. The van der Waals surface area contributed by atoms with Gasteiger partial charge in [0.05, 0.1) is 28.2 Å². The summed E-state index contributed by atoms with van der Waals surface area (Å²) in [7, 11) is -3.77. The van der Waals surface area contributed by atoms with Gasteiger partial charge in [-0.05, 0) is 60.7 Å². The second kappa shape index (κ2) is 8.61. The summed E-state index contributed by atoms with van der Waals surface area (Å²) in [5, 5.41) is 2.87. The first-order valence-corrected chi connectivity index (χ1v) is 12.3. The quantitative estimate of drug-likeness (QED) is 0.395. The molecule has 0 atom stereocenters. The Hall–Kier alpha value is -3.82. The maximum Gasteiger partial charge on any atom is 0.331 e. The smallest absolute Gasteiger partial charge is 0.307 e. The van der Waals surface area contributed by atoms with E-state index in [1.165, 1.54) is 18.3 Å². The molecule has 0 saturated heterocycles. The highest BCUT2D eigenvalue weighted by Crippen LogP contribution is 2.48. The minimum Gasteiger partial charge on any atom is -0.307 e. The average Bonchev–Trinajstić information content (AvgIpc) is 2.83. The summed E-state index contributed by atoms with van der Waals surface area (Å²) in [5.74, 6) is 0. The van der Waals surface area contributed by atoms with Crippen LogP contribution in [0.25, 0.3) is 0 Å². The van der Waals surface area contributed by atoms with Crippen molar-refractivity contribution in [2.24, 2.45) is 0 Å². The average molecular weight is 475 g/mol. The Morgan fingerprint density at radius 2 is 1.42 bits per heavy atom. The molecule has 1 aromatic heterocycles. The summed E-state index contributed by atoms with van der Waals surface area (Å²) < 4.78 is 27.7. The zero-order valence-corrected chi connectivity index (χ0v) is 18.8. The van der Waals surface area contributed by atoms with E-state index in [1.54, 1.807) is 47.1 Å². The molecule has 0 fully saturated rings. The number of aromatic nitrogens is 1. The number of benzene rings is 3. The van der Waals surface area contributed by atoms with Crippen molar-refractivity contribution in [1.82, 2.24) is 4.98 Å². The molecule has 164 valence electrons. The van der Waals surface area contributed by atoms with Gasteiger partial charge in [-0.3, -0.25) is 14.6 Å². The van der Waals surface area contributed by atoms with Crippen LogP contribution < -0.4 is 14.9 Å². The molecule has 0 unspecified atom stereocenters. The van der Waals surface area contributed by atoms with E-state index in [9.17, 15) is 13.2 Å². The van der Waals surface area contributed by atoms with Gasteiger partial charge in [0.15, 0.2) is 0 Å². The number of carbonyl (C=O) groups is 1. The molecule has 1 aliphatic rings. The summed E-state index contributed by atoms with van der Waals surface area (Å²) in [5.41, 5.74) is 2.43. The molecule has 0 aliphatic carbocycles. The highest BCUT2D eigenvalue weighted by atomic mass is 32.2. The van der Waals surface area contributed by atoms with Crippen LogP contribution in [0.3, 0.4) is 0 Å². The molecular formula is C24H18N4O3S2. The standard InChI is InChI=1S/C24H18N4O3S2/c29-24(28-20-7-1-3-9-22(20)32-23-10-4-2-8-21(23)28)26-17-11-13-19(14-12-17)33(30,31)27-18-6-5-15-25-16-18/h1-16,27H,(H,26,29). The summed E-state index contributed by atoms with van der Waals surface area (Å²) in [6.45, 7) is 0. The zero-order valence-electron chi connectivity index (χ0n) is 17.2. The van der Waals surface area contributed by atoms with Crippen LogP contribution in [0.4, 0.5) is 27.5 Å². The van der Waals surface area contributed by atoms with Gasteiger partial charge in [-0.1, -0.05) is 36.0 Å². The van der Waals surface area contributed by atoms with Crippen LogP contribution in [0, 0.1) is 0 Å². The van der Waals surface area contributed by atoms with Crippen LogP contribution in [0.2, 0.25) is 0 Å². The van der Waals surface area contributed by atoms with Crippen molar-refractivity contribution in [3.05, 3.63) is 97.3 Å². The molecule has 2 amide bonds. The molecule has 9 heteroatoms. The van der Waals surface area contributed by atoms with Crippen molar-refractivity contribution < 1.29 is 13.2 Å². The van der Waals surface area contributed by atoms with Crippen molar-refractivity contribution in [3.8, 4) is 0 Å². The van der Waals surface area contributed by atoms with Crippen molar-refractivity contribution in [2.45, 2.75) is 14.7 Å². The molecule has 5 rings (SSSR count). The molecular weight excluding hydrogens is 456 g/mol. The van der Waals surface area contributed by atoms with Gasteiger partial charge in [-0.15, -0.1) is 0 Å². The maximum atomic E-state index is 13.3. The number of pyridine rings is 1. The van der Waals surface area contributed by atoms with Gasteiger partial charge in [-0.2, -0.15) is 0 Å². The molecule has 33 heavy (non-hydrogen) atoms. The molecule has 2 heterocycles. The summed E-state index contributed by atoms with van der Waals surface area (Å²) in [6.07, 6.45) is 2.99. The number of urea groups is 1. The number of fused-ring (bicyclic) bond motifs is 2. The first kappa shape index (κ1) is 21.0. The molecule has 0 radical (unpaired) electrons. The van der Waals surface area contributed by atoms with E-state index in [1.807, 2.05) is 48.5 Å². The summed E-state index contributed by atoms with van der Waals surface area (Å²) in [4.78, 5) is 20.9. The van der Waals surface area contributed by atoms with Gasteiger partial charge in [0.2, 0.25) is 0 Å². The molecule has 0 saturated carbocycles. The number of nitrogens with zero attached hydrogens (tertiary/aromatic N) is 2. The number of anilines is 4. The fraction of sp³-hybridized carbons (Fsp3) is 0. The van der Waals surface area contributed by atoms with E-state index in [0.717, 1.165) is 21.2 Å².